The summed E-state index contributed by atoms with van der Waals surface area (Å²) in [5.74, 6) is 0. The van der Waals surface area contributed by atoms with E-state index in [4.69, 9.17) is 0 Å². The standard InChI is InChI=1S/C12H27NO2/c1-5-7-11(14)9-13(4)10-12(3,15)8-6-2/h11,14-15H,5-10H2,1-4H3/t11?,12-/m1/s1. The smallest absolute Gasteiger partial charge is 0.0745 e. The first-order chi connectivity index (χ1) is 6.91. The van der Waals surface area contributed by atoms with Gasteiger partial charge in [0.05, 0.1) is 11.7 Å². The van der Waals surface area contributed by atoms with Gasteiger partial charge < -0.3 is 15.1 Å². The Morgan fingerprint density at radius 1 is 1.27 bits per heavy atom. The molecule has 92 valence electrons. The van der Waals surface area contributed by atoms with E-state index in [1.807, 2.05) is 18.9 Å². The molecule has 0 saturated heterocycles. The Bertz CT molecular complexity index is 160. The molecule has 0 heterocycles. The molecule has 2 N–H and O–H groups in total. The zero-order valence-electron chi connectivity index (χ0n) is 10.7. The summed E-state index contributed by atoms with van der Waals surface area (Å²) in [6.07, 6.45) is 3.36. The van der Waals surface area contributed by atoms with Crippen LogP contribution in [0.15, 0.2) is 0 Å². The molecule has 0 aliphatic heterocycles. The molecule has 0 amide bonds. The molecule has 0 fully saturated rings. The SMILES string of the molecule is CCCC(O)CN(C)C[C@](C)(O)CCC. The van der Waals surface area contributed by atoms with Crippen LogP contribution in [-0.4, -0.2) is 47.0 Å². The van der Waals surface area contributed by atoms with Crippen LogP contribution in [0.1, 0.15) is 46.5 Å². The lowest BCUT2D eigenvalue weighted by molar-refractivity contribution is 0.00641. The Morgan fingerprint density at radius 2 is 1.87 bits per heavy atom. The van der Waals surface area contributed by atoms with E-state index in [0.29, 0.717) is 13.1 Å². The van der Waals surface area contributed by atoms with Gasteiger partial charge in [0.2, 0.25) is 0 Å². The zero-order chi connectivity index (χ0) is 11.9. The van der Waals surface area contributed by atoms with Crippen molar-refractivity contribution in [2.24, 2.45) is 0 Å². The molecule has 3 heteroatoms. The van der Waals surface area contributed by atoms with Gasteiger partial charge in [-0.1, -0.05) is 26.7 Å². The lowest BCUT2D eigenvalue weighted by Gasteiger charge is -2.30. The number of nitrogens with zero attached hydrogens (tertiary/aromatic N) is 1. The maximum absolute atomic E-state index is 10.0. The van der Waals surface area contributed by atoms with Gasteiger partial charge in [0.1, 0.15) is 0 Å². The summed E-state index contributed by atoms with van der Waals surface area (Å²) in [6, 6.07) is 0. The summed E-state index contributed by atoms with van der Waals surface area (Å²) < 4.78 is 0. The van der Waals surface area contributed by atoms with Crippen LogP contribution in [0.3, 0.4) is 0 Å². The average molecular weight is 217 g/mol. The Kier molecular flexibility index (Phi) is 7.14. The number of hydrogen-bond donors (Lipinski definition) is 2. The van der Waals surface area contributed by atoms with E-state index in [2.05, 4.69) is 13.8 Å². The lowest BCUT2D eigenvalue weighted by Crippen LogP contribution is -2.41. The molecule has 0 bridgehead atoms. The molecule has 0 spiro atoms. The molecule has 15 heavy (non-hydrogen) atoms. The van der Waals surface area contributed by atoms with Crippen LogP contribution in [0.5, 0.6) is 0 Å². The normalized spacial score (nSPS) is 17.8. The first kappa shape index (κ1) is 14.9. The largest absolute Gasteiger partial charge is 0.392 e. The summed E-state index contributed by atoms with van der Waals surface area (Å²) in [4.78, 5) is 2.01. The second-order valence-corrected chi connectivity index (χ2v) is 4.89. The fourth-order valence-electron chi connectivity index (χ4n) is 2.05. The highest BCUT2D eigenvalue weighted by atomic mass is 16.3. The Morgan fingerprint density at radius 3 is 2.33 bits per heavy atom. The Hall–Kier alpha value is -0.120. The van der Waals surface area contributed by atoms with Crippen molar-refractivity contribution in [3.8, 4) is 0 Å². The fraction of sp³-hybridized carbons (Fsp3) is 1.00. The highest BCUT2D eigenvalue weighted by Gasteiger charge is 2.22. The van der Waals surface area contributed by atoms with Gasteiger partial charge in [0.25, 0.3) is 0 Å². The predicted molar refractivity (Wildman–Crippen MR) is 63.9 cm³/mol. The van der Waals surface area contributed by atoms with Gasteiger partial charge in [-0.15, -0.1) is 0 Å². The number of aliphatic hydroxyl groups excluding tert-OH is 1. The van der Waals surface area contributed by atoms with Crippen LogP contribution in [0, 0.1) is 0 Å². The monoisotopic (exact) mass is 217 g/mol. The summed E-state index contributed by atoms with van der Waals surface area (Å²) in [7, 11) is 1.95. The van der Waals surface area contributed by atoms with Gasteiger partial charge in [0.15, 0.2) is 0 Å². The van der Waals surface area contributed by atoms with Crippen LogP contribution >= 0.6 is 0 Å². The molecule has 0 rings (SSSR count). The number of aliphatic hydroxyl groups is 2. The van der Waals surface area contributed by atoms with Gasteiger partial charge >= 0.3 is 0 Å². The van der Waals surface area contributed by atoms with Crippen molar-refractivity contribution in [1.29, 1.82) is 0 Å². The first-order valence-electron chi connectivity index (χ1n) is 6.00. The van der Waals surface area contributed by atoms with Gasteiger partial charge in [-0.05, 0) is 26.8 Å². The van der Waals surface area contributed by atoms with Crippen LogP contribution in [-0.2, 0) is 0 Å². The van der Waals surface area contributed by atoms with Crippen molar-refractivity contribution >= 4 is 0 Å². The molecule has 3 nitrogen and oxygen atoms in total. The predicted octanol–water partition coefficient (Wildman–Crippen LogP) is 1.63. The van der Waals surface area contributed by atoms with E-state index in [9.17, 15) is 10.2 Å². The highest BCUT2D eigenvalue weighted by Crippen LogP contribution is 2.13. The molecule has 0 aromatic heterocycles. The lowest BCUT2D eigenvalue weighted by atomic mass is 10.00. The molecule has 0 aromatic rings. The number of likely N-dealkylation sites (N-methyl/N-ethyl adjacent to an activating group) is 1. The molecule has 0 saturated carbocycles. The third kappa shape index (κ3) is 7.77. The molecule has 2 atom stereocenters. The number of rotatable bonds is 8. The molecule has 0 aromatic carbocycles. The summed E-state index contributed by atoms with van der Waals surface area (Å²) in [6.45, 7) is 7.27. The molecular weight excluding hydrogens is 190 g/mol. The van der Waals surface area contributed by atoms with Gasteiger partial charge in [-0.3, -0.25) is 0 Å². The average Bonchev–Trinajstić information content (AvgIpc) is 2.01. The van der Waals surface area contributed by atoms with E-state index in [-0.39, 0.29) is 6.10 Å². The van der Waals surface area contributed by atoms with Crippen LogP contribution < -0.4 is 0 Å². The first-order valence-corrected chi connectivity index (χ1v) is 6.00. The molecule has 0 radical (unpaired) electrons. The van der Waals surface area contributed by atoms with Crippen molar-refractivity contribution in [2.45, 2.75) is 58.2 Å². The Labute approximate surface area is 94.1 Å². The Balaban J connectivity index is 3.85. The van der Waals surface area contributed by atoms with E-state index in [1.54, 1.807) is 0 Å². The van der Waals surface area contributed by atoms with E-state index in [0.717, 1.165) is 25.7 Å². The maximum Gasteiger partial charge on any atom is 0.0745 e. The zero-order valence-corrected chi connectivity index (χ0v) is 10.7. The van der Waals surface area contributed by atoms with Crippen molar-refractivity contribution in [2.75, 3.05) is 20.1 Å². The van der Waals surface area contributed by atoms with Gasteiger partial charge in [-0.2, -0.15) is 0 Å². The third-order valence-electron chi connectivity index (χ3n) is 2.54. The van der Waals surface area contributed by atoms with Crippen molar-refractivity contribution in [3.63, 3.8) is 0 Å². The second-order valence-electron chi connectivity index (χ2n) is 4.89. The summed E-state index contributed by atoms with van der Waals surface area (Å²) in [5.41, 5.74) is -0.630. The third-order valence-corrected chi connectivity index (χ3v) is 2.54. The van der Waals surface area contributed by atoms with Gasteiger partial charge in [0, 0.05) is 13.1 Å². The van der Waals surface area contributed by atoms with E-state index in [1.165, 1.54) is 0 Å². The molecule has 0 aliphatic rings. The van der Waals surface area contributed by atoms with Gasteiger partial charge in [-0.25, -0.2) is 0 Å². The topological polar surface area (TPSA) is 43.7 Å². The minimum absolute atomic E-state index is 0.266. The minimum atomic E-state index is -0.630. The van der Waals surface area contributed by atoms with Crippen LogP contribution in [0.25, 0.3) is 0 Å². The number of hydrogen-bond acceptors (Lipinski definition) is 3. The quantitative estimate of drug-likeness (QED) is 0.649. The summed E-state index contributed by atoms with van der Waals surface area (Å²) in [5, 5.41) is 19.6. The fourth-order valence-corrected chi connectivity index (χ4v) is 2.05. The van der Waals surface area contributed by atoms with Crippen molar-refractivity contribution < 1.29 is 10.2 Å². The molecule has 0 aliphatic carbocycles. The minimum Gasteiger partial charge on any atom is -0.392 e. The maximum atomic E-state index is 10.0. The van der Waals surface area contributed by atoms with E-state index >= 15 is 0 Å². The van der Waals surface area contributed by atoms with E-state index < -0.39 is 5.60 Å². The summed E-state index contributed by atoms with van der Waals surface area (Å²) >= 11 is 0. The molecule has 1 unspecified atom stereocenters. The highest BCUT2D eigenvalue weighted by molar-refractivity contribution is 4.76. The molecular formula is C12H27NO2. The van der Waals surface area contributed by atoms with Crippen molar-refractivity contribution in [3.05, 3.63) is 0 Å². The van der Waals surface area contributed by atoms with Crippen molar-refractivity contribution in [1.82, 2.24) is 4.90 Å². The van der Waals surface area contributed by atoms with Crippen LogP contribution in [0.4, 0.5) is 0 Å². The second kappa shape index (κ2) is 7.20. The van der Waals surface area contributed by atoms with Crippen LogP contribution in [0.2, 0.25) is 0 Å².